The van der Waals surface area contributed by atoms with Crippen molar-refractivity contribution in [3.8, 4) is 11.5 Å². The zero-order valence-corrected chi connectivity index (χ0v) is 14.3. The van der Waals surface area contributed by atoms with Crippen LogP contribution in [0.3, 0.4) is 0 Å². The first-order valence-corrected chi connectivity index (χ1v) is 8.34. The molecule has 0 spiro atoms. The van der Waals surface area contributed by atoms with E-state index in [4.69, 9.17) is 9.47 Å². The fourth-order valence-electron chi connectivity index (χ4n) is 2.10. The molecule has 0 heterocycles. The molecule has 2 aromatic rings. The van der Waals surface area contributed by atoms with E-state index in [2.05, 4.69) is 19.2 Å². The second-order valence-electron chi connectivity index (χ2n) is 6.02. The summed E-state index contributed by atoms with van der Waals surface area (Å²) in [6.45, 7) is 6.28. The zero-order chi connectivity index (χ0) is 17.2. The van der Waals surface area contributed by atoms with Crippen LogP contribution in [0.1, 0.15) is 30.6 Å². The first-order valence-electron chi connectivity index (χ1n) is 8.34. The molecule has 0 aromatic heterocycles. The molecule has 0 atom stereocenters. The Morgan fingerprint density at radius 3 is 2.33 bits per heavy atom. The molecular weight excluding hydrogens is 302 g/mol. The van der Waals surface area contributed by atoms with Gasteiger partial charge in [-0.3, -0.25) is 4.79 Å². The summed E-state index contributed by atoms with van der Waals surface area (Å²) in [7, 11) is 0. The van der Waals surface area contributed by atoms with E-state index in [1.54, 1.807) is 24.3 Å². The Morgan fingerprint density at radius 2 is 1.67 bits per heavy atom. The molecule has 0 saturated heterocycles. The standard InChI is InChI=1S/C20H25NO3/c1-16(2)15-23-14-6-13-21-20(22)17-9-11-19(12-10-17)24-18-7-4-3-5-8-18/h3-5,7-12,16H,6,13-15H2,1-2H3,(H,21,22). The summed E-state index contributed by atoms with van der Waals surface area (Å²) in [5.74, 6) is 1.94. The van der Waals surface area contributed by atoms with Crippen molar-refractivity contribution < 1.29 is 14.3 Å². The summed E-state index contributed by atoms with van der Waals surface area (Å²) in [5.41, 5.74) is 0.624. The minimum absolute atomic E-state index is 0.0786. The highest BCUT2D eigenvalue weighted by Crippen LogP contribution is 2.21. The summed E-state index contributed by atoms with van der Waals surface area (Å²) >= 11 is 0. The van der Waals surface area contributed by atoms with Gasteiger partial charge < -0.3 is 14.8 Å². The van der Waals surface area contributed by atoms with Crippen LogP contribution in [0.5, 0.6) is 11.5 Å². The molecule has 4 nitrogen and oxygen atoms in total. The number of carbonyl (C=O) groups is 1. The molecule has 0 bridgehead atoms. The third kappa shape index (κ3) is 6.42. The Labute approximate surface area is 143 Å². The molecule has 2 rings (SSSR count). The Balaban J connectivity index is 1.73. The van der Waals surface area contributed by atoms with Crippen molar-refractivity contribution in [2.24, 2.45) is 5.92 Å². The van der Waals surface area contributed by atoms with Crippen LogP contribution in [0.2, 0.25) is 0 Å². The molecule has 2 aromatic carbocycles. The van der Waals surface area contributed by atoms with Crippen LogP contribution in [-0.2, 0) is 4.74 Å². The molecule has 1 amide bonds. The molecule has 0 aliphatic heterocycles. The normalized spacial score (nSPS) is 10.6. The van der Waals surface area contributed by atoms with Crippen molar-refractivity contribution in [3.05, 3.63) is 60.2 Å². The van der Waals surface area contributed by atoms with Gasteiger partial charge in [-0.1, -0.05) is 32.0 Å². The lowest BCUT2D eigenvalue weighted by molar-refractivity contribution is 0.0925. The third-order valence-electron chi connectivity index (χ3n) is 3.30. The molecule has 128 valence electrons. The van der Waals surface area contributed by atoms with Gasteiger partial charge in [0, 0.05) is 25.3 Å². The maximum atomic E-state index is 12.1. The summed E-state index contributed by atoms with van der Waals surface area (Å²) < 4.78 is 11.2. The van der Waals surface area contributed by atoms with Gasteiger partial charge >= 0.3 is 0 Å². The third-order valence-corrected chi connectivity index (χ3v) is 3.30. The number of amides is 1. The molecule has 4 heteroatoms. The van der Waals surface area contributed by atoms with Crippen LogP contribution in [0.15, 0.2) is 54.6 Å². The van der Waals surface area contributed by atoms with Crippen LogP contribution < -0.4 is 10.1 Å². The summed E-state index contributed by atoms with van der Waals surface area (Å²) in [4.78, 5) is 12.1. The number of nitrogens with one attached hydrogen (secondary N) is 1. The predicted octanol–water partition coefficient (Wildman–Crippen LogP) is 4.27. The van der Waals surface area contributed by atoms with Crippen LogP contribution in [0.4, 0.5) is 0 Å². The maximum Gasteiger partial charge on any atom is 0.251 e. The Bertz CT molecular complexity index is 609. The number of para-hydroxylation sites is 1. The Hall–Kier alpha value is -2.33. The van der Waals surface area contributed by atoms with Crippen LogP contribution in [-0.4, -0.2) is 25.7 Å². The van der Waals surface area contributed by atoms with Crippen molar-refractivity contribution in [3.63, 3.8) is 0 Å². The van der Waals surface area contributed by atoms with Crippen molar-refractivity contribution in [2.75, 3.05) is 19.8 Å². The minimum Gasteiger partial charge on any atom is -0.457 e. The first-order chi connectivity index (χ1) is 11.6. The molecule has 24 heavy (non-hydrogen) atoms. The lowest BCUT2D eigenvalue weighted by Crippen LogP contribution is -2.25. The van der Waals surface area contributed by atoms with E-state index in [1.165, 1.54) is 0 Å². The molecule has 0 saturated carbocycles. The average molecular weight is 327 g/mol. The van der Waals surface area contributed by atoms with Crippen molar-refractivity contribution >= 4 is 5.91 Å². The highest BCUT2D eigenvalue weighted by molar-refractivity contribution is 5.94. The van der Waals surface area contributed by atoms with Crippen molar-refractivity contribution in [1.29, 1.82) is 0 Å². The SMILES string of the molecule is CC(C)COCCCNC(=O)c1ccc(Oc2ccccc2)cc1. The van der Waals surface area contributed by atoms with Gasteiger partial charge in [0.1, 0.15) is 11.5 Å². The monoisotopic (exact) mass is 327 g/mol. The van der Waals surface area contributed by atoms with Gasteiger partial charge in [0.2, 0.25) is 0 Å². The number of rotatable bonds is 9. The second-order valence-corrected chi connectivity index (χ2v) is 6.02. The molecule has 0 radical (unpaired) electrons. The molecule has 0 unspecified atom stereocenters. The topological polar surface area (TPSA) is 47.6 Å². The summed E-state index contributed by atoms with van der Waals surface area (Å²) in [6.07, 6.45) is 0.813. The van der Waals surface area contributed by atoms with Gasteiger partial charge in [-0.05, 0) is 48.7 Å². The van der Waals surface area contributed by atoms with Gasteiger partial charge in [-0.25, -0.2) is 0 Å². The second kappa shape index (κ2) is 9.73. The van der Waals surface area contributed by atoms with Gasteiger partial charge in [0.25, 0.3) is 5.91 Å². The smallest absolute Gasteiger partial charge is 0.251 e. The Kier molecular flexibility index (Phi) is 7.30. The first kappa shape index (κ1) is 18.0. The molecular formula is C20H25NO3. The molecule has 1 N–H and O–H groups in total. The number of carbonyl (C=O) groups excluding carboxylic acids is 1. The van der Waals surface area contributed by atoms with E-state index in [-0.39, 0.29) is 5.91 Å². The zero-order valence-electron chi connectivity index (χ0n) is 14.3. The highest BCUT2D eigenvalue weighted by Gasteiger charge is 2.05. The minimum atomic E-state index is -0.0786. The average Bonchev–Trinajstić information content (AvgIpc) is 2.59. The fraction of sp³-hybridized carbons (Fsp3) is 0.350. The predicted molar refractivity (Wildman–Crippen MR) is 95.6 cm³/mol. The van der Waals surface area contributed by atoms with Crippen LogP contribution in [0.25, 0.3) is 0 Å². The molecule has 0 aliphatic rings. The van der Waals surface area contributed by atoms with E-state index < -0.39 is 0 Å². The number of benzene rings is 2. The van der Waals surface area contributed by atoms with Gasteiger partial charge in [0.05, 0.1) is 0 Å². The van der Waals surface area contributed by atoms with E-state index in [0.29, 0.717) is 30.4 Å². The van der Waals surface area contributed by atoms with Gasteiger partial charge in [0.15, 0.2) is 0 Å². The summed E-state index contributed by atoms with van der Waals surface area (Å²) in [6, 6.07) is 16.7. The van der Waals surface area contributed by atoms with Crippen LogP contribution >= 0.6 is 0 Å². The Morgan fingerprint density at radius 1 is 1.00 bits per heavy atom. The number of ether oxygens (including phenoxy) is 2. The quantitative estimate of drug-likeness (QED) is 0.700. The van der Waals surface area contributed by atoms with E-state index >= 15 is 0 Å². The number of hydrogen-bond donors (Lipinski definition) is 1. The molecule has 0 aliphatic carbocycles. The number of hydrogen-bond acceptors (Lipinski definition) is 3. The maximum absolute atomic E-state index is 12.1. The van der Waals surface area contributed by atoms with E-state index in [1.807, 2.05) is 30.3 Å². The highest BCUT2D eigenvalue weighted by atomic mass is 16.5. The lowest BCUT2D eigenvalue weighted by atomic mass is 10.2. The van der Waals surface area contributed by atoms with Crippen molar-refractivity contribution in [1.82, 2.24) is 5.32 Å². The van der Waals surface area contributed by atoms with Crippen molar-refractivity contribution in [2.45, 2.75) is 20.3 Å². The van der Waals surface area contributed by atoms with E-state index in [0.717, 1.165) is 18.8 Å². The largest absolute Gasteiger partial charge is 0.457 e. The van der Waals surface area contributed by atoms with Gasteiger partial charge in [-0.2, -0.15) is 0 Å². The van der Waals surface area contributed by atoms with E-state index in [9.17, 15) is 4.79 Å². The van der Waals surface area contributed by atoms with Crippen LogP contribution in [0, 0.1) is 5.92 Å². The lowest BCUT2D eigenvalue weighted by Gasteiger charge is -2.09. The molecule has 0 fully saturated rings. The van der Waals surface area contributed by atoms with Gasteiger partial charge in [-0.15, -0.1) is 0 Å². The fourth-order valence-corrected chi connectivity index (χ4v) is 2.10. The summed E-state index contributed by atoms with van der Waals surface area (Å²) in [5, 5.41) is 2.90.